The van der Waals surface area contributed by atoms with Gasteiger partial charge in [-0.15, -0.1) is 0 Å². The van der Waals surface area contributed by atoms with Gasteiger partial charge in [0.25, 0.3) is 5.91 Å². The first-order valence-corrected chi connectivity index (χ1v) is 7.18. The molecule has 0 unspecified atom stereocenters. The Bertz CT molecular complexity index is 721. The van der Waals surface area contributed by atoms with Gasteiger partial charge in [-0.1, -0.05) is 12.1 Å². The van der Waals surface area contributed by atoms with Crippen LogP contribution in [0.15, 0.2) is 35.2 Å². The average Bonchev–Trinajstić information content (AvgIpc) is 2.75. The van der Waals surface area contributed by atoms with Crippen molar-refractivity contribution < 1.29 is 13.2 Å². The van der Waals surface area contributed by atoms with Crippen LogP contribution in [0.2, 0.25) is 0 Å². The van der Waals surface area contributed by atoms with Crippen LogP contribution >= 0.6 is 0 Å². The Morgan fingerprint density at radius 2 is 2.05 bits per heavy atom. The maximum atomic E-state index is 11.9. The van der Waals surface area contributed by atoms with Crippen LogP contribution in [0.4, 0.5) is 11.5 Å². The first-order valence-electron chi connectivity index (χ1n) is 5.29. The smallest absolute Gasteiger partial charge is 0.273 e. The molecule has 19 heavy (non-hydrogen) atoms. The molecule has 8 heteroatoms. The maximum absolute atomic E-state index is 11.9. The number of hydrogen-bond donors (Lipinski definition) is 3. The highest BCUT2D eigenvalue weighted by molar-refractivity contribution is 7.90. The number of nitrogens with two attached hydrogens (primary N) is 1. The lowest BCUT2D eigenvalue weighted by molar-refractivity contribution is 0.102. The fraction of sp³-hybridized carbons (Fsp3) is 0.0909. The summed E-state index contributed by atoms with van der Waals surface area (Å²) in [5.74, 6) is -0.332. The van der Waals surface area contributed by atoms with Crippen molar-refractivity contribution in [2.24, 2.45) is 0 Å². The van der Waals surface area contributed by atoms with Crippen molar-refractivity contribution in [3.63, 3.8) is 0 Å². The number of nitrogen functional groups attached to an aromatic ring is 1. The minimum Gasteiger partial charge on any atom is -0.382 e. The Hall–Kier alpha value is -2.35. The van der Waals surface area contributed by atoms with Crippen LogP contribution in [0.3, 0.4) is 0 Å². The van der Waals surface area contributed by atoms with Gasteiger partial charge in [0.2, 0.25) is 0 Å². The summed E-state index contributed by atoms with van der Waals surface area (Å²) < 4.78 is 23.2. The molecule has 1 aromatic carbocycles. The number of carbonyl (C=O) groups is 1. The van der Waals surface area contributed by atoms with Crippen molar-refractivity contribution in [3.8, 4) is 0 Å². The quantitative estimate of drug-likeness (QED) is 0.762. The standard InChI is InChI=1S/C11H12N4O3S/c1-19(17,18)9-5-3-2-4-7(9)13-11(16)8-6-10(12)15-14-8/h2-6H,1H3,(H,13,16)(H3,12,14,15). The zero-order valence-electron chi connectivity index (χ0n) is 10.0. The molecule has 0 fully saturated rings. The molecule has 0 bridgehead atoms. The SMILES string of the molecule is CS(=O)(=O)c1ccccc1NC(=O)c1cc(N)n[nH]1. The number of nitrogens with zero attached hydrogens (tertiary/aromatic N) is 1. The Morgan fingerprint density at radius 3 is 2.63 bits per heavy atom. The van der Waals surface area contributed by atoms with Gasteiger partial charge in [-0.05, 0) is 12.1 Å². The summed E-state index contributed by atoms with van der Waals surface area (Å²) in [5.41, 5.74) is 5.76. The van der Waals surface area contributed by atoms with Gasteiger partial charge in [0.05, 0.1) is 10.6 Å². The topological polar surface area (TPSA) is 118 Å². The van der Waals surface area contributed by atoms with Gasteiger partial charge in [0, 0.05) is 12.3 Å². The molecule has 0 aliphatic rings. The number of carbonyl (C=O) groups excluding carboxylic acids is 1. The normalized spacial score (nSPS) is 11.2. The van der Waals surface area contributed by atoms with Crippen LogP contribution in [-0.4, -0.2) is 30.8 Å². The van der Waals surface area contributed by atoms with Crippen molar-refractivity contribution in [3.05, 3.63) is 36.0 Å². The molecule has 1 aromatic heterocycles. The van der Waals surface area contributed by atoms with E-state index >= 15 is 0 Å². The van der Waals surface area contributed by atoms with E-state index < -0.39 is 15.7 Å². The first kappa shape index (κ1) is 13.1. The second kappa shape index (κ2) is 4.73. The van der Waals surface area contributed by atoms with Crippen LogP contribution in [0.1, 0.15) is 10.5 Å². The zero-order chi connectivity index (χ0) is 14.0. The lowest BCUT2D eigenvalue weighted by Gasteiger charge is -2.08. The van der Waals surface area contributed by atoms with Crippen LogP contribution in [0.5, 0.6) is 0 Å². The van der Waals surface area contributed by atoms with E-state index in [1.807, 2.05) is 0 Å². The molecule has 0 saturated carbocycles. The molecule has 0 saturated heterocycles. The summed E-state index contributed by atoms with van der Waals surface area (Å²) in [4.78, 5) is 11.9. The summed E-state index contributed by atoms with van der Waals surface area (Å²) in [5, 5.41) is 8.57. The fourth-order valence-electron chi connectivity index (χ4n) is 1.54. The Kier molecular flexibility index (Phi) is 3.26. The predicted molar refractivity (Wildman–Crippen MR) is 70.5 cm³/mol. The molecule has 4 N–H and O–H groups in total. The molecule has 2 rings (SSSR count). The number of para-hydroxylation sites is 1. The minimum atomic E-state index is -3.42. The highest BCUT2D eigenvalue weighted by Gasteiger charge is 2.16. The summed E-state index contributed by atoms with van der Waals surface area (Å²) in [6.07, 6.45) is 1.08. The monoisotopic (exact) mass is 280 g/mol. The maximum Gasteiger partial charge on any atom is 0.273 e. The zero-order valence-corrected chi connectivity index (χ0v) is 10.9. The second-order valence-corrected chi connectivity index (χ2v) is 5.91. The van der Waals surface area contributed by atoms with Gasteiger partial charge in [0.1, 0.15) is 11.5 Å². The number of aromatic amines is 1. The molecule has 0 aliphatic heterocycles. The Labute approximate surface area is 109 Å². The number of aromatic nitrogens is 2. The Morgan fingerprint density at radius 1 is 1.37 bits per heavy atom. The summed E-state index contributed by atoms with van der Waals surface area (Å²) >= 11 is 0. The van der Waals surface area contributed by atoms with Crippen LogP contribution in [-0.2, 0) is 9.84 Å². The van der Waals surface area contributed by atoms with E-state index in [4.69, 9.17) is 5.73 Å². The summed E-state index contributed by atoms with van der Waals surface area (Å²) in [7, 11) is -3.42. The number of sulfone groups is 1. The van der Waals surface area contributed by atoms with Crippen molar-refractivity contribution in [1.29, 1.82) is 0 Å². The largest absolute Gasteiger partial charge is 0.382 e. The van der Waals surface area contributed by atoms with Gasteiger partial charge in [-0.25, -0.2) is 8.42 Å². The number of amides is 1. The predicted octanol–water partition coefficient (Wildman–Crippen LogP) is 0.648. The number of H-pyrrole nitrogens is 1. The van der Waals surface area contributed by atoms with E-state index in [0.717, 1.165) is 6.26 Å². The van der Waals surface area contributed by atoms with E-state index in [-0.39, 0.29) is 22.1 Å². The van der Waals surface area contributed by atoms with E-state index in [9.17, 15) is 13.2 Å². The van der Waals surface area contributed by atoms with Crippen LogP contribution in [0.25, 0.3) is 0 Å². The molecule has 0 aliphatic carbocycles. The van der Waals surface area contributed by atoms with Crippen molar-refractivity contribution in [2.45, 2.75) is 4.90 Å². The van der Waals surface area contributed by atoms with Crippen LogP contribution < -0.4 is 11.1 Å². The molecular weight excluding hydrogens is 268 g/mol. The number of rotatable bonds is 3. The van der Waals surface area contributed by atoms with Crippen LogP contribution in [0, 0.1) is 0 Å². The first-order chi connectivity index (χ1) is 8.88. The second-order valence-electron chi connectivity index (χ2n) is 3.93. The van der Waals surface area contributed by atoms with E-state index in [2.05, 4.69) is 15.5 Å². The average molecular weight is 280 g/mol. The molecule has 7 nitrogen and oxygen atoms in total. The van der Waals surface area contributed by atoms with Crippen molar-refractivity contribution in [1.82, 2.24) is 10.2 Å². The van der Waals surface area contributed by atoms with Gasteiger partial charge in [0.15, 0.2) is 9.84 Å². The lowest BCUT2D eigenvalue weighted by atomic mass is 10.3. The number of benzene rings is 1. The van der Waals surface area contributed by atoms with E-state index in [0.29, 0.717) is 0 Å². The number of hydrogen-bond acceptors (Lipinski definition) is 5. The van der Waals surface area contributed by atoms with Gasteiger partial charge in [-0.2, -0.15) is 5.10 Å². The van der Waals surface area contributed by atoms with Gasteiger partial charge < -0.3 is 11.1 Å². The minimum absolute atomic E-state index is 0.0517. The molecule has 0 atom stereocenters. The highest BCUT2D eigenvalue weighted by Crippen LogP contribution is 2.21. The molecule has 100 valence electrons. The van der Waals surface area contributed by atoms with Crippen molar-refractivity contribution >= 4 is 27.2 Å². The third-order valence-electron chi connectivity index (χ3n) is 2.38. The molecule has 0 spiro atoms. The molecule has 1 heterocycles. The Balaban J connectivity index is 2.32. The fourth-order valence-corrected chi connectivity index (χ4v) is 2.38. The number of nitrogens with one attached hydrogen (secondary N) is 2. The van der Waals surface area contributed by atoms with E-state index in [1.54, 1.807) is 12.1 Å². The molecule has 2 aromatic rings. The highest BCUT2D eigenvalue weighted by atomic mass is 32.2. The molecule has 0 radical (unpaired) electrons. The molecular formula is C11H12N4O3S. The van der Waals surface area contributed by atoms with Crippen molar-refractivity contribution in [2.75, 3.05) is 17.3 Å². The lowest BCUT2D eigenvalue weighted by Crippen LogP contribution is -2.15. The van der Waals surface area contributed by atoms with E-state index in [1.165, 1.54) is 18.2 Å². The summed E-state index contributed by atoms with van der Waals surface area (Å²) in [6.45, 7) is 0. The van der Waals surface area contributed by atoms with Gasteiger partial charge in [-0.3, -0.25) is 9.89 Å². The summed E-state index contributed by atoms with van der Waals surface area (Å²) in [6, 6.07) is 7.50. The van der Waals surface area contributed by atoms with Gasteiger partial charge >= 0.3 is 0 Å². The third kappa shape index (κ3) is 2.91. The number of anilines is 2. The molecule has 1 amide bonds. The third-order valence-corrected chi connectivity index (χ3v) is 3.53.